The van der Waals surface area contributed by atoms with E-state index in [4.69, 9.17) is 9.26 Å². The monoisotopic (exact) mass is 253 g/mol. The van der Waals surface area contributed by atoms with Crippen molar-refractivity contribution in [1.29, 1.82) is 0 Å². The van der Waals surface area contributed by atoms with Gasteiger partial charge in [0.05, 0.1) is 6.10 Å². The van der Waals surface area contributed by atoms with E-state index in [1.807, 2.05) is 0 Å². The Labute approximate surface area is 108 Å². The van der Waals surface area contributed by atoms with Crippen LogP contribution in [0, 0.1) is 0 Å². The molecule has 0 spiro atoms. The minimum atomic E-state index is 0.274. The van der Waals surface area contributed by atoms with E-state index in [1.54, 1.807) is 0 Å². The molecular weight excluding hydrogens is 230 g/mol. The lowest BCUT2D eigenvalue weighted by Crippen LogP contribution is -2.36. The van der Waals surface area contributed by atoms with Gasteiger partial charge >= 0.3 is 0 Å². The molecule has 0 N–H and O–H groups in total. The lowest BCUT2D eigenvalue weighted by molar-refractivity contribution is 0.0209. The second-order valence-electron chi connectivity index (χ2n) is 5.11. The van der Waals surface area contributed by atoms with Gasteiger partial charge in [-0.15, -0.1) is 0 Å². The molecule has 1 aromatic heterocycles. The molecule has 1 unspecified atom stereocenters. The first-order valence-corrected chi connectivity index (χ1v) is 6.90. The average molecular weight is 253 g/mol. The van der Waals surface area contributed by atoms with Crippen molar-refractivity contribution in [3.63, 3.8) is 0 Å². The van der Waals surface area contributed by atoms with Crippen LogP contribution < -0.4 is 4.90 Å². The van der Waals surface area contributed by atoms with Gasteiger partial charge in [0.25, 0.3) is 5.95 Å². The lowest BCUT2D eigenvalue weighted by atomic mass is 10.1. The van der Waals surface area contributed by atoms with Crippen LogP contribution in [0.3, 0.4) is 0 Å². The number of anilines is 1. The van der Waals surface area contributed by atoms with Gasteiger partial charge in [0.1, 0.15) is 0 Å². The van der Waals surface area contributed by atoms with Gasteiger partial charge in [-0.2, -0.15) is 4.98 Å². The van der Waals surface area contributed by atoms with Gasteiger partial charge in [0.2, 0.25) is 5.89 Å². The Hall–Kier alpha value is -1.10. The van der Waals surface area contributed by atoms with Gasteiger partial charge in [-0.05, 0) is 31.3 Å². The molecule has 0 aromatic carbocycles. The fraction of sp³-hybridized carbons (Fsp3) is 0.846. The van der Waals surface area contributed by atoms with E-state index in [0.29, 0.717) is 17.9 Å². The molecular formula is C13H23N3O2. The normalized spacial score (nSPS) is 20.3. The third-order valence-electron chi connectivity index (χ3n) is 3.29. The van der Waals surface area contributed by atoms with Crippen molar-refractivity contribution in [1.82, 2.24) is 10.1 Å². The average Bonchev–Trinajstić information content (AvgIpc) is 2.87. The van der Waals surface area contributed by atoms with Crippen LogP contribution in [0.15, 0.2) is 4.52 Å². The van der Waals surface area contributed by atoms with Crippen LogP contribution in [0.1, 0.15) is 51.8 Å². The SMILES string of the molecule is CCN(CC1CCCCO1)c1noc(C(C)C)n1. The predicted octanol–water partition coefficient (Wildman–Crippen LogP) is 2.59. The Morgan fingerprint density at radius 3 is 2.78 bits per heavy atom. The van der Waals surface area contributed by atoms with Gasteiger partial charge in [-0.1, -0.05) is 13.8 Å². The van der Waals surface area contributed by atoms with E-state index in [0.717, 1.165) is 26.1 Å². The van der Waals surface area contributed by atoms with Gasteiger partial charge < -0.3 is 14.2 Å². The van der Waals surface area contributed by atoms with E-state index < -0.39 is 0 Å². The van der Waals surface area contributed by atoms with E-state index in [1.165, 1.54) is 12.8 Å². The second-order valence-corrected chi connectivity index (χ2v) is 5.11. The number of rotatable bonds is 5. The lowest BCUT2D eigenvalue weighted by Gasteiger charge is -2.28. The van der Waals surface area contributed by atoms with Crippen molar-refractivity contribution in [2.75, 3.05) is 24.6 Å². The molecule has 5 nitrogen and oxygen atoms in total. The first-order valence-electron chi connectivity index (χ1n) is 6.90. The number of nitrogens with zero attached hydrogens (tertiary/aromatic N) is 3. The first kappa shape index (κ1) is 13.3. The van der Waals surface area contributed by atoms with Gasteiger partial charge in [0.15, 0.2) is 0 Å². The molecule has 2 rings (SSSR count). The van der Waals surface area contributed by atoms with E-state index >= 15 is 0 Å². The summed E-state index contributed by atoms with van der Waals surface area (Å²) < 4.78 is 11.0. The van der Waals surface area contributed by atoms with Gasteiger partial charge in [0, 0.05) is 25.6 Å². The highest BCUT2D eigenvalue weighted by atomic mass is 16.5. The summed E-state index contributed by atoms with van der Waals surface area (Å²) >= 11 is 0. The first-order chi connectivity index (χ1) is 8.70. The number of likely N-dealkylation sites (N-methyl/N-ethyl adjacent to an activating group) is 1. The number of hydrogen-bond acceptors (Lipinski definition) is 5. The highest BCUT2D eigenvalue weighted by Gasteiger charge is 2.20. The van der Waals surface area contributed by atoms with E-state index in [2.05, 4.69) is 35.8 Å². The van der Waals surface area contributed by atoms with Crippen molar-refractivity contribution in [2.24, 2.45) is 0 Å². The van der Waals surface area contributed by atoms with Gasteiger partial charge in [-0.3, -0.25) is 0 Å². The highest BCUT2D eigenvalue weighted by molar-refractivity contribution is 5.27. The van der Waals surface area contributed by atoms with Crippen LogP contribution in [0.5, 0.6) is 0 Å². The van der Waals surface area contributed by atoms with Crippen LogP contribution in [0.25, 0.3) is 0 Å². The molecule has 102 valence electrons. The summed E-state index contributed by atoms with van der Waals surface area (Å²) in [5.74, 6) is 1.67. The Kier molecular flexibility index (Phi) is 4.58. The molecule has 0 bridgehead atoms. The highest BCUT2D eigenvalue weighted by Crippen LogP contribution is 2.19. The van der Waals surface area contributed by atoms with Crippen LogP contribution in [0.4, 0.5) is 5.95 Å². The summed E-state index contributed by atoms with van der Waals surface area (Å²) in [4.78, 5) is 6.57. The number of hydrogen-bond donors (Lipinski definition) is 0. The zero-order chi connectivity index (χ0) is 13.0. The molecule has 0 saturated carbocycles. The molecule has 2 heterocycles. The zero-order valence-electron chi connectivity index (χ0n) is 11.6. The standard InChI is InChI=1S/C13H23N3O2/c1-4-16(9-11-7-5-6-8-17-11)13-14-12(10(2)3)18-15-13/h10-11H,4-9H2,1-3H3. The molecule has 1 aliphatic rings. The molecule has 5 heteroatoms. The van der Waals surface area contributed by atoms with Crippen molar-refractivity contribution in [3.05, 3.63) is 5.89 Å². The minimum absolute atomic E-state index is 0.274. The molecule has 1 atom stereocenters. The molecule has 0 amide bonds. The fourth-order valence-corrected chi connectivity index (χ4v) is 2.14. The Morgan fingerprint density at radius 2 is 2.22 bits per heavy atom. The van der Waals surface area contributed by atoms with Crippen LogP contribution >= 0.6 is 0 Å². The maximum atomic E-state index is 5.76. The minimum Gasteiger partial charge on any atom is -0.376 e. The predicted molar refractivity (Wildman–Crippen MR) is 69.9 cm³/mol. The Balaban J connectivity index is 1.98. The molecule has 0 radical (unpaired) electrons. The van der Waals surface area contributed by atoms with Gasteiger partial charge in [-0.25, -0.2) is 0 Å². The maximum absolute atomic E-state index is 5.76. The van der Waals surface area contributed by atoms with Crippen LogP contribution in [-0.4, -0.2) is 35.9 Å². The largest absolute Gasteiger partial charge is 0.376 e. The maximum Gasteiger partial charge on any atom is 0.266 e. The van der Waals surface area contributed by atoms with Crippen molar-refractivity contribution >= 4 is 5.95 Å². The summed E-state index contributed by atoms with van der Waals surface area (Å²) in [6, 6.07) is 0. The quantitative estimate of drug-likeness (QED) is 0.807. The number of ether oxygens (including phenoxy) is 1. The molecule has 1 aromatic rings. The van der Waals surface area contributed by atoms with E-state index in [9.17, 15) is 0 Å². The topological polar surface area (TPSA) is 51.4 Å². The molecule has 1 fully saturated rings. The summed E-state index contributed by atoms with van der Waals surface area (Å²) in [7, 11) is 0. The molecule has 0 aliphatic carbocycles. The molecule has 18 heavy (non-hydrogen) atoms. The summed E-state index contributed by atoms with van der Waals surface area (Å²) in [6.07, 6.45) is 3.87. The van der Waals surface area contributed by atoms with E-state index in [-0.39, 0.29) is 5.92 Å². The number of aromatic nitrogens is 2. The van der Waals surface area contributed by atoms with Crippen molar-refractivity contribution < 1.29 is 9.26 Å². The van der Waals surface area contributed by atoms with Crippen LogP contribution in [0.2, 0.25) is 0 Å². The second kappa shape index (κ2) is 6.18. The van der Waals surface area contributed by atoms with Crippen molar-refractivity contribution in [2.45, 2.75) is 52.1 Å². The third kappa shape index (κ3) is 3.22. The van der Waals surface area contributed by atoms with Crippen LogP contribution in [-0.2, 0) is 4.74 Å². The molecule has 1 saturated heterocycles. The van der Waals surface area contributed by atoms with Crippen molar-refractivity contribution in [3.8, 4) is 0 Å². The zero-order valence-corrected chi connectivity index (χ0v) is 11.6. The molecule has 1 aliphatic heterocycles. The fourth-order valence-electron chi connectivity index (χ4n) is 2.14. The smallest absolute Gasteiger partial charge is 0.266 e. The Bertz CT molecular complexity index is 359. The summed E-state index contributed by atoms with van der Waals surface area (Å²) in [5, 5.41) is 4.06. The third-order valence-corrected chi connectivity index (χ3v) is 3.29. The summed E-state index contributed by atoms with van der Waals surface area (Å²) in [5.41, 5.74) is 0. The Morgan fingerprint density at radius 1 is 1.39 bits per heavy atom. The summed E-state index contributed by atoms with van der Waals surface area (Å²) in [6.45, 7) is 8.82.